The largest absolute Gasteiger partial charge is 0.493 e. The molecule has 3 atom stereocenters. The molecule has 2 saturated heterocycles. The number of amides is 3. The molecule has 5 aliphatic rings. The third-order valence-electron chi connectivity index (χ3n) is 11.2. The number of aliphatic imine (C=N–C) groups is 1. The van der Waals surface area contributed by atoms with E-state index >= 15 is 0 Å². The predicted molar refractivity (Wildman–Crippen MR) is 225 cm³/mol. The Morgan fingerprint density at radius 3 is 2.28 bits per heavy atom. The lowest BCUT2D eigenvalue weighted by Crippen LogP contribution is -2.51. The van der Waals surface area contributed by atoms with Crippen LogP contribution in [0.15, 0.2) is 41.4 Å². The van der Waals surface area contributed by atoms with Gasteiger partial charge in [-0.25, -0.2) is 9.69 Å². The number of carbonyl (C=O) groups is 3. The highest BCUT2D eigenvalue weighted by atomic mass is 33.1. The summed E-state index contributed by atoms with van der Waals surface area (Å²) in [5.74, 6) is 2.31. The van der Waals surface area contributed by atoms with Gasteiger partial charge in [-0.2, -0.15) is 0 Å². The first-order valence-corrected chi connectivity index (χ1v) is 22.0. The van der Waals surface area contributed by atoms with Crippen molar-refractivity contribution in [1.82, 2.24) is 9.80 Å². The number of rotatable bonds is 15. The van der Waals surface area contributed by atoms with Crippen LogP contribution in [-0.4, -0.2) is 115 Å². The van der Waals surface area contributed by atoms with Crippen molar-refractivity contribution in [1.29, 1.82) is 0 Å². The molecule has 2 aromatic carbocycles. The van der Waals surface area contributed by atoms with Crippen LogP contribution in [0.2, 0.25) is 0 Å². The van der Waals surface area contributed by atoms with E-state index in [9.17, 15) is 19.5 Å². The minimum atomic E-state index is -1.28. The first-order valence-electron chi connectivity index (χ1n) is 19.6. The highest BCUT2D eigenvalue weighted by Gasteiger charge is 2.46. The van der Waals surface area contributed by atoms with Crippen molar-refractivity contribution in [2.45, 2.75) is 102 Å². The summed E-state index contributed by atoms with van der Waals surface area (Å²) in [6.45, 7) is 8.15. The first kappa shape index (κ1) is 42.5. The number of ether oxygens (including phenoxy) is 5. The molecule has 3 amide bonds. The van der Waals surface area contributed by atoms with Gasteiger partial charge < -0.3 is 38.6 Å². The van der Waals surface area contributed by atoms with Crippen LogP contribution in [-0.2, 0) is 4.74 Å². The van der Waals surface area contributed by atoms with Crippen molar-refractivity contribution in [3.05, 3.63) is 47.5 Å². The summed E-state index contributed by atoms with van der Waals surface area (Å²) in [7, 11) is 6.62. The summed E-state index contributed by atoms with van der Waals surface area (Å²) in [6.07, 6.45) is 8.14. The molecule has 0 radical (unpaired) electrons. The molecular formula is C42H56N4O9S2. The fourth-order valence-corrected chi connectivity index (χ4v) is 11.0. The Balaban J connectivity index is 0.00000549. The zero-order valence-corrected chi connectivity index (χ0v) is 34.1. The van der Waals surface area contributed by atoms with E-state index in [2.05, 4.69) is 18.5 Å². The van der Waals surface area contributed by atoms with Crippen LogP contribution >= 0.6 is 21.6 Å². The summed E-state index contributed by atoms with van der Waals surface area (Å²) in [5, 5.41) is 11.7. The molecule has 4 heterocycles. The quantitative estimate of drug-likeness (QED) is 0.106. The lowest BCUT2D eigenvalue weighted by atomic mass is 10.1. The minimum Gasteiger partial charge on any atom is -0.493 e. The van der Waals surface area contributed by atoms with Crippen molar-refractivity contribution < 1.29 is 43.2 Å². The van der Waals surface area contributed by atoms with E-state index < -0.39 is 18.4 Å². The molecule has 0 spiro atoms. The molecule has 0 aromatic heterocycles. The molecular weight excluding hydrogens is 769 g/mol. The zero-order valence-electron chi connectivity index (χ0n) is 32.5. The Morgan fingerprint density at radius 1 is 0.930 bits per heavy atom. The van der Waals surface area contributed by atoms with Gasteiger partial charge in [0.15, 0.2) is 29.2 Å². The van der Waals surface area contributed by atoms with Crippen molar-refractivity contribution in [2.24, 2.45) is 4.99 Å². The molecule has 1 aliphatic carbocycles. The Hall–Kier alpha value is -4.08. The van der Waals surface area contributed by atoms with Crippen LogP contribution in [0.5, 0.6) is 23.0 Å². The number of unbranched alkanes of at least 4 members (excludes halogenated alkanes) is 2. The Labute approximate surface area is 343 Å². The van der Waals surface area contributed by atoms with Gasteiger partial charge in [0.1, 0.15) is 6.61 Å². The van der Waals surface area contributed by atoms with Crippen molar-refractivity contribution in [3.63, 3.8) is 0 Å². The maximum Gasteiger partial charge on any atom is 0.416 e. The third-order valence-corrected chi connectivity index (χ3v) is 14.6. The molecule has 15 heteroatoms. The molecule has 2 aromatic rings. The molecule has 1 saturated carbocycles. The summed E-state index contributed by atoms with van der Waals surface area (Å²) < 4.78 is 29.4. The molecule has 0 bridgehead atoms. The monoisotopic (exact) mass is 824 g/mol. The van der Waals surface area contributed by atoms with Gasteiger partial charge in [-0.15, -0.1) is 0 Å². The van der Waals surface area contributed by atoms with Gasteiger partial charge in [-0.3, -0.25) is 14.6 Å². The number of methoxy groups -OCH3 is 2. The summed E-state index contributed by atoms with van der Waals surface area (Å²) in [6, 6.07) is 6.03. The van der Waals surface area contributed by atoms with E-state index in [1.54, 1.807) is 62.8 Å². The molecule has 310 valence electrons. The molecule has 4 aliphatic heterocycles. The van der Waals surface area contributed by atoms with Crippen LogP contribution < -0.4 is 23.8 Å². The van der Waals surface area contributed by atoms with Gasteiger partial charge in [0.05, 0.1) is 66.8 Å². The number of aliphatic hydroxyl groups excluding tert-OH is 1. The van der Waals surface area contributed by atoms with Gasteiger partial charge in [0.25, 0.3) is 11.8 Å². The Bertz CT molecular complexity index is 1850. The second-order valence-electron chi connectivity index (χ2n) is 15.0. The van der Waals surface area contributed by atoms with Crippen LogP contribution in [0, 0.1) is 0 Å². The van der Waals surface area contributed by atoms with Gasteiger partial charge in [-0.05, 0) is 63.5 Å². The van der Waals surface area contributed by atoms with E-state index in [-0.39, 0.29) is 47.9 Å². The van der Waals surface area contributed by atoms with Crippen LogP contribution in [0.4, 0.5) is 16.2 Å². The molecule has 1 N–H and O–H groups in total. The van der Waals surface area contributed by atoms with E-state index in [0.717, 1.165) is 56.3 Å². The standard InChI is InChI=1S/C41H52N4O9S2.CH4/c1-5-55-56-41(13-7-8-14-41)25-54-40(49)45-32-22-36(34(51-4)20-29(32)38(47)43-15-11-12-31(43)39(45)48)53-17-10-6-9-16-52-35-21-30-28(19-33(35)50-3)37(46)44-24-26(2)18-27(44)23-42-30;/h19-23,27,31,39,48H,2,5-18,24-25H2,1,3-4H3;1H4. The summed E-state index contributed by atoms with van der Waals surface area (Å²) >= 11 is 0. The van der Waals surface area contributed by atoms with Crippen LogP contribution in [0.3, 0.4) is 0 Å². The number of fused-ring (bicyclic) bond motifs is 4. The second kappa shape index (κ2) is 18.7. The zero-order chi connectivity index (χ0) is 39.4. The number of benzene rings is 2. The van der Waals surface area contributed by atoms with Gasteiger partial charge in [0, 0.05) is 37.2 Å². The predicted octanol–water partition coefficient (Wildman–Crippen LogP) is 8.05. The number of aliphatic hydroxyl groups is 1. The second-order valence-corrected chi connectivity index (χ2v) is 18.0. The van der Waals surface area contributed by atoms with Crippen LogP contribution in [0.1, 0.15) is 99.3 Å². The lowest BCUT2D eigenvalue weighted by molar-refractivity contribution is 0.0484. The smallest absolute Gasteiger partial charge is 0.416 e. The number of hydrogen-bond acceptors (Lipinski definition) is 12. The first-order chi connectivity index (χ1) is 27.2. The van der Waals surface area contributed by atoms with Gasteiger partial charge in [0.2, 0.25) is 0 Å². The third kappa shape index (κ3) is 8.85. The summed E-state index contributed by atoms with van der Waals surface area (Å²) in [5.41, 5.74) is 2.54. The number of carbonyl (C=O) groups excluding carboxylic acids is 3. The van der Waals surface area contributed by atoms with E-state index in [1.807, 2.05) is 6.21 Å². The fourth-order valence-electron chi connectivity index (χ4n) is 8.29. The van der Waals surface area contributed by atoms with E-state index in [0.29, 0.717) is 79.8 Å². The molecule has 3 unspecified atom stereocenters. The highest BCUT2D eigenvalue weighted by molar-refractivity contribution is 8.77. The molecule has 3 fully saturated rings. The maximum absolute atomic E-state index is 14.0. The van der Waals surface area contributed by atoms with Crippen molar-refractivity contribution in [2.75, 3.05) is 57.8 Å². The van der Waals surface area contributed by atoms with Gasteiger partial charge in [-0.1, -0.05) is 60.9 Å². The number of nitrogens with zero attached hydrogens (tertiary/aromatic N) is 4. The maximum atomic E-state index is 14.0. The van der Waals surface area contributed by atoms with Crippen molar-refractivity contribution >= 4 is 57.1 Å². The Morgan fingerprint density at radius 2 is 1.60 bits per heavy atom. The molecule has 7 rings (SSSR count). The number of anilines is 1. The summed E-state index contributed by atoms with van der Waals surface area (Å²) in [4.78, 5) is 50.5. The average molecular weight is 825 g/mol. The normalized spacial score (nSPS) is 21.9. The van der Waals surface area contributed by atoms with Crippen LogP contribution in [0.25, 0.3) is 0 Å². The SMILES string of the molecule is C.C=C1CC2C=Nc3cc(OCCCCCOc4cc5c(cc4OC)C(=O)N4CCCC4C(O)N5C(=O)OCC4(SSCC)CCCC4)c(OC)cc3C(=O)N2C1. The van der Waals surface area contributed by atoms with Gasteiger partial charge >= 0.3 is 6.09 Å². The molecule has 13 nitrogen and oxygen atoms in total. The molecule has 57 heavy (non-hydrogen) atoms. The Kier molecular flexibility index (Phi) is 13.9. The topological polar surface area (TPSA) is 140 Å². The lowest BCUT2D eigenvalue weighted by Gasteiger charge is -2.33. The number of hydrogen-bond donors (Lipinski definition) is 1. The average Bonchev–Trinajstić information content (AvgIpc) is 3.95. The fraction of sp³-hybridized carbons (Fsp3) is 0.571. The minimum absolute atomic E-state index is 0. The highest BCUT2D eigenvalue weighted by Crippen LogP contribution is 2.48. The van der Waals surface area contributed by atoms with Crippen molar-refractivity contribution in [3.8, 4) is 23.0 Å². The van der Waals surface area contributed by atoms with E-state index in [1.165, 1.54) is 12.0 Å². The van der Waals surface area contributed by atoms with E-state index in [4.69, 9.17) is 23.7 Å².